The molecule has 0 atom stereocenters. The van der Waals surface area contributed by atoms with Gasteiger partial charge < -0.3 is 15.5 Å². The zero-order valence-electron chi connectivity index (χ0n) is 8.51. The second kappa shape index (κ2) is 4.76. The predicted octanol–water partition coefficient (Wildman–Crippen LogP) is 1.92. The number of pyridine rings is 1. The lowest BCUT2D eigenvalue weighted by molar-refractivity contribution is 0.518. The summed E-state index contributed by atoms with van der Waals surface area (Å²) in [6.45, 7) is 0.626. The third-order valence-corrected chi connectivity index (χ3v) is 2.27. The Balaban J connectivity index is 1.98. The van der Waals surface area contributed by atoms with Crippen LogP contribution < -0.4 is 11.1 Å². The normalized spacial score (nSPS) is 10.0. The Morgan fingerprint density at radius 2 is 2.31 bits per heavy atom. The Bertz CT molecular complexity index is 464. The van der Waals surface area contributed by atoms with Gasteiger partial charge in [0.15, 0.2) is 0 Å². The fourth-order valence-electron chi connectivity index (χ4n) is 1.25. The second-order valence-electron chi connectivity index (χ2n) is 3.23. The van der Waals surface area contributed by atoms with Crippen LogP contribution in [0.3, 0.4) is 0 Å². The Morgan fingerprint density at radius 1 is 1.44 bits per heavy atom. The smallest absolute Gasteiger partial charge is 0.122 e. The van der Waals surface area contributed by atoms with Gasteiger partial charge in [0.1, 0.15) is 10.7 Å². The maximum atomic E-state index is 5.45. The molecule has 0 amide bonds. The van der Waals surface area contributed by atoms with E-state index in [1.807, 2.05) is 18.2 Å². The van der Waals surface area contributed by atoms with E-state index in [9.17, 15) is 0 Å². The first-order chi connectivity index (χ1) is 7.75. The van der Waals surface area contributed by atoms with Crippen molar-refractivity contribution in [2.24, 2.45) is 5.73 Å². The highest BCUT2D eigenvalue weighted by atomic mass is 32.1. The molecular weight excluding hydrogens is 222 g/mol. The van der Waals surface area contributed by atoms with Gasteiger partial charge in [0.05, 0.1) is 30.4 Å². The molecule has 3 N–H and O–H groups in total. The van der Waals surface area contributed by atoms with E-state index in [1.54, 1.807) is 18.5 Å². The van der Waals surface area contributed by atoms with Gasteiger partial charge in [-0.25, -0.2) is 0 Å². The van der Waals surface area contributed by atoms with Crippen LogP contribution in [0.2, 0.25) is 0 Å². The first-order valence-corrected chi connectivity index (χ1v) is 5.18. The molecule has 2 heterocycles. The van der Waals surface area contributed by atoms with Gasteiger partial charge in [-0.05, 0) is 24.3 Å². The van der Waals surface area contributed by atoms with Crippen molar-refractivity contribution in [1.82, 2.24) is 4.98 Å². The van der Waals surface area contributed by atoms with E-state index < -0.39 is 0 Å². The molecule has 5 heteroatoms. The van der Waals surface area contributed by atoms with Crippen LogP contribution in [0.4, 0.5) is 5.69 Å². The van der Waals surface area contributed by atoms with Gasteiger partial charge in [0, 0.05) is 0 Å². The summed E-state index contributed by atoms with van der Waals surface area (Å²) in [7, 11) is 0. The van der Waals surface area contributed by atoms with Crippen LogP contribution in [0.25, 0.3) is 0 Å². The van der Waals surface area contributed by atoms with Crippen molar-refractivity contribution in [3.8, 4) is 0 Å². The van der Waals surface area contributed by atoms with E-state index in [4.69, 9.17) is 22.4 Å². The highest BCUT2D eigenvalue weighted by Crippen LogP contribution is 2.09. The van der Waals surface area contributed by atoms with Crippen LogP contribution in [0.1, 0.15) is 11.5 Å². The van der Waals surface area contributed by atoms with E-state index in [-0.39, 0.29) is 0 Å². The summed E-state index contributed by atoms with van der Waals surface area (Å²) in [5.41, 5.74) is 6.97. The number of anilines is 1. The minimum absolute atomic E-state index is 0.303. The first kappa shape index (κ1) is 10.6. The van der Waals surface area contributed by atoms with Crippen LogP contribution in [-0.4, -0.2) is 9.97 Å². The third-order valence-electron chi connectivity index (χ3n) is 2.06. The summed E-state index contributed by atoms with van der Waals surface area (Å²) >= 11 is 4.81. The number of furan rings is 1. The van der Waals surface area contributed by atoms with E-state index >= 15 is 0 Å². The molecule has 2 aromatic rings. The molecule has 0 aliphatic heterocycles. The number of hydrogen-bond donors (Lipinski definition) is 2. The van der Waals surface area contributed by atoms with Gasteiger partial charge in [0.2, 0.25) is 0 Å². The van der Waals surface area contributed by atoms with Crippen LogP contribution in [0.15, 0.2) is 41.1 Å². The third kappa shape index (κ3) is 2.58. The quantitative estimate of drug-likeness (QED) is 0.790. The van der Waals surface area contributed by atoms with Gasteiger partial charge in [-0.1, -0.05) is 12.2 Å². The lowest BCUT2D eigenvalue weighted by Gasteiger charge is -2.04. The average molecular weight is 233 g/mol. The molecule has 4 nitrogen and oxygen atoms in total. The minimum Gasteiger partial charge on any atom is -0.467 e. The topological polar surface area (TPSA) is 64.1 Å². The predicted molar refractivity (Wildman–Crippen MR) is 66.2 cm³/mol. The van der Waals surface area contributed by atoms with Crippen LogP contribution in [0.5, 0.6) is 0 Å². The molecule has 0 saturated heterocycles. The van der Waals surface area contributed by atoms with E-state index in [0.29, 0.717) is 17.2 Å². The van der Waals surface area contributed by atoms with Gasteiger partial charge in [-0.2, -0.15) is 0 Å². The molecule has 0 aliphatic rings. The summed E-state index contributed by atoms with van der Waals surface area (Å²) in [6, 6.07) is 7.42. The Kier molecular flexibility index (Phi) is 3.16. The molecule has 0 bridgehead atoms. The largest absolute Gasteiger partial charge is 0.467 e. The monoisotopic (exact) mass is 233 g/mol. The Labute approximate surface area is 98.5 Å². The van der Waals surface area contributed by atoms with Gasteiger partial charge in [-0.3, -0.25) is 4.98 Å². The lowest BCUT2D eigenvalue weighted by Crippen LogP contribution is -2.11. The molecule has 2 rings (SSSR count). The van der Waals surface area contributed by atoms with E-state index in [2.05, 4.69) is 10.3 Å². The molecule has 0 aliphatic carbocycles. The first-order valence-electron chi connectivity index (χ1n) is 4.78. The van der Waals surface area contributed by atoms with Crippen LogP contribution >= 0.6 is 12.2 Å². The Morgan fingerprint density at radius 3 is 2.88 bits per heavy atom. The highest BCUT2D eigenvalue weighted by molar-refractivity contribution is 7.80. The minimum atomic E-state index is 0.303. The maximum Gasteiger partial charge on any atom is 0.122 e. The van der Waals surface area contributed by atoms with Crippen LogP contribution in [0, 0.1) is 0 Å². The van der Waals surface area contributed by atoms with Crippen LogP contribution in [-0.2, 0) is 6.54 Å². The summed E-state index contributed by atoms with van der Waals surface area (Å²) < 4.78 is 5.19. The fourth-order valence-corrected chi connectivity index (χ4v) is 1.37. The average Bonchev–Trinajstić information content (AvgIpc) is 2.80. The summed E-state index contributed by atoms with van der Waals surface area (Å²) in [4.78, 5) is 4.42. The molecule has 0 fully saturated rings. The highest BCUT2D eigenvalue weighted by Gasteiger charge is 1.99. The lowest BCUT2D eigenvalue weighted by atomic mass is 10.3. The van der Waals surface area contributed by atoms with Crippen molar-refractivity contribution >= 4 is 22.9 Å². The number of nitrogens with two attached hydrogens (primary N) is 1. The SMILES string of the molecule is NC(=S)c1ccc(NCc2ccco2)cn1. The standard InChI is InChI=1S/C11H11N3OS/c12-11(16)10-4-3-8(6-14-10)13-7-9-2-1-5-15-9/h1-6,13H,7H2,(H2,12,16). The van der Waals surface area contributed by atoms with Crippen molar-refractivity contribution in [1.29, 1.82) is 0 Å². The van der Waals surface area contributed by atoms with Gasteiger partial charge in [0.25, 0.3) is 0 Å². The molecule has 2 aromatic heterocycles. The summed E-state index contributed by atoms with van der Waals surface area (Å²) in [5, 5.41) is 3.17. The van der Waals surface area contributed by atoms with Gasteiger partial charge >= 0.3 is 0 Å². The molecule has 16 heavy (non-hydrogen) atoms. The van der Waals surface area contributed by atoms with Crippen molar-refractivity contribution in [3.05, 3.63) is 48.2 Å². The molecule has 0 spiro atoms. The molecule has 82 valence electrons. The van der Waals surface area contributed by atoms with Crippen molar-refractivity contribution in [2.45, 2.75) is 6.54 Å². The second-order valence-corrected chi connectivity index (χ2v) is 3.67. The zero-order valence-corrected chi connectivity index (χ0v) is 9.33. The number of hydrogen-bond acceptors (Lipinski definition) is 4. The number of thiocarbonyl (C=S) groups is 1. The number of aromatic nitrogens is 1. The summed E-state index contributed by atoms with van der Waals surface area (Å²) in [6.07, 6.45) is 3.34. The summed E-state index contributed by atoms with van der Waals surface area (Å²) in [5.74, 6) is 0.874. The molecule has 0 aromatic carbocycles. The van der Waals surface area contributed by atoms with E-state index in [0.717, 1.165) is 11.4 Å². The van der Waals surface area contributed by atoms with Gasteiger partial charge in [-0.15, -0.1) is 0 Å². The zero-order chi connectivity index (χ0) is 11.4. The van der Waals surface area contributed by atoms with Crippen molar-refractivity contribution < 1.29 is 4.42 Å². The van der Waals surface area contributed by atoms with E-state index in [1.165, 1.54) is 0 Å². The number of rotatable bonds is 4. The maximum absolute atomic E-state index is 5.45. The Hall–Kier alpha value is -1.88. The fraction of sp³-hybridized carbons (Fsp3) is 0.0909. The number of nitrogens with one attached hydrogen (secondary N) is 1. The molecular formula is C11H11N3OS. The van der Waals surface area contributed by atoms with Crippen molar-refractivity contribution in [2.75, 3.05) is 5.32 Å². The number of nitrogens with zero attached hydrogens (tertiary/aromatic N) is 1. The molecule has 0 saturated carbocycles. The molecule has 0 unspecified atom stereocenters. The van der Waals surface area contributed by atoms with Crippen molar-refractivity contribution in [3.63, 3.8) is 0 Å². The molecule has 0 radical (unpaired) electrons.